The van der Waals surface area contributed by atoms with Gasteiger partial charge in [-0.2, -0.15) is 0 Å². The summed E-state index contributed by atoms with van der Waals surface area (Å²) in [6.45, 7) is 8.75. The lowest BCUT2D eigenvalue weighted by atomic mass is 9.98. The first-order chi connectivity index (χ1) is 14.6. The lowest BCUT2D eigenvalue weighted by Gasteiger charge is -2.22. The predicted octanol–water partition coefficient (Wildman–Crippen LogP) is 3.11. The van der Waals surface area contributed by atoms with E-state index >= 15 is 0 Å². The maximum Gasteiger partial charge on any atom is 0.194 e. The van der Waals surface area contributed by atoms with Gasteiger partial charge in [-0.1, -0.05) is 12.1 Å². The summed E-state index contributed by atoms with van der Waals surface area (Å²) in [5, 5.41) is 11.9. The molecule has 1 aromatic heterocycles. The van der Waals surface area contributed by atoms with Crippen LogP contribution in [0.1, 0.15) is 42.9 Å². The summed E-state index contributed by atoms with van der Waals surface area (Å²) in [6.07, 6.45) is 2.06. The molecule has 2 heterocycles. The Morgan fingerprint density at radius 1 is 1.26 bits per heavy atom. The highest BCUT2D eigenvalue weighted by Crippen LogP contribution is 2.28. The van der Waals surface area contributed by atoms with Crippen LogP contribution in [0.4, 0.5) is 0 Å². The number of hydrogen-bond donors (Lipinski definition) is 1. The summed E-state index contributed by atoms with van der Waals surface area (Å²) in [4.78, 5) is 7.22. The Morgan fingerprint density at radius 3 is 2.68 bits per heavy atom. The molecule has 31 heavy (non-hydrogen) atoms. The van der Waals surface area contributed by atoms with E-state index in [0.29, 0.717) is 12.5 Å². The number of nitrogens with one attached hydrogen (secondary N) is 1. The van der Waals surface area contributed by atoms with Crippen LogP contribution in [0.5, 0.6) is 5.75 Å². The van der Waals surface area contributed by atoms with Crippen LogP contribution in [-0.2, 0) is 18.3 Å². The van der Waals surface area contributed by atoms with E-state index in [4.69, 9.17) is 14.5 Å². The smallest absolute Gasteiger partial charge is 0.194 e. The molecule has 1 aromatic carbocycles. The van der Waals surface area contributed by atoms with Gasteiger partial charge in [-0.25, -0.2) is 4.99 Å². The zero-order valence-electron chi connectivity index (χ0n) is 19.0. The summed E-state index contributed by atoms with van der Waals surface area (Å²) in [7, 11) is 3.68. The van der Waals surface area contributed by atoms with Gasteiger partial charge >= 0.3 is 0 Å². The van der Waals surface area contributed by atoms with Crippen molar-refractivity contribution in [3.05, 3.63) is 41.5 Å². The summed E-state index contributed by atoms with van der Waals surface area (Å²) >= 11 is 0. The molecular weight excluding hydrogens is 507 g/mol. The molecule has 3 rings (SSSR count). The average molecular weight is 542 g/mol. The Balaban J connectivity index is 0.00000341. The van der Waals surface area contributed by atoms with Crippen LogP contribution in [0.2, 0.25) is 0 Å². The van der Waals surface area contributed by atoms with Crippen molar-refractivity contribution >= 4 is 29.9 Å². The van der Waals surface area contributed by atoms with Gasteiger partial charge in [0, 0.05) is 45.8 Å². The number of aryl methyl sites for hydroxylation is 1. The zero-order chi connectivity index (χ0) is 21.3. The quantitative estimate of drug-likeness (QED) is 0.227. The highest BCUT2D eigenvalue weighted by molar-refractivity contribution is 14.0. The number of aliphatic imine (C=N–C) groups is 1. The van der Waals surface area contributed by atoms with Crippen molar-refractivity contribution in [2.24, 2.45) is 12.0 Å². The van der Waals surface area contributed by atoms with E-state index in [1.165, 1.54) is 5.56 Å². The minimum Gasteiger partial charge on any atom is -0.497 e. The molecule has 1 fully saturated rings. The van der Waals surface area contributed by atoms with E-state index in [9.17, 15) is 0 Å². The van der Waals surface area contributed by atoms with Crippen molar-refractivity contribution in [1.29, 1.82) is 0 Å². The van der Waals surface area contributed by atoms with Gasteiger partial charge < -0.3 is 24.3 Å². The summed E-state index contributed by atoms with van der Waals surface area (Å²) in [5.41, 5.74) is 1.35. The average Bonchev–Trinajstić information content (AvgIpc) is 3.38. The molecule has 9 heteroatoms. The highest BCUT2D eigenvalue weighted by atomic mass is 127. The Kier molecular flexibility index (Phi) is 10.5. The number of likely N-dealkylation sites (tertiary alicyclic amines) is 1. The molecule has 1 aliphatic heterocycles. The largest absolute Gasteiger partial charge is 0.497 e. The van der Waals surface area contributed by atoms with Crippen LogP contribution in [0, 0.1) is 6.92 Å². The van der Waals surface area contributed by atoms with Crippen molar-refractivity contribution in [2.45, 2.75) is 39.2 Å². The first-order valence-electron chi connectivity index (χ1n) is 10.7. The molecule has 0 radical (unpaired) electrons. The maximum atomic E-state index is 5.46. The van der Waals surface area contributed by atoms with E-state index in [1.54, 1.807) is 7.11 Å². The second kappa shape index (κ2) is 12.8. The number of guanidine groups is 1. The Hall–Kier alpha value is -1.88. The number of benzene rings is 1. The molecule has 2 aromatic rings. The van der Waals surface area contributed by atoms with Gasteiger partial charge in [-0.05, 0) is 44.4 Å². The molecular formula is C22H35IN6O2. The lowest BCUT2D eigenvalue weighted by Crippen LogP contribution is -2.40. The Labute approximate surface area is 202 Å². The van der Waals surface area contributed by atoms with E-state index in [2.05, 4.69) is 32.5 Å². The summed E-state index contributed by atoms with van der Waals surface area (Å²) in [6, 6.07) is 8.41. The van der Waals surface area contributed by atoms with Gasteiger partial charge in [0.25, 0.3) is 0 Å². The third-order valence-corrected chi connectivity index (χ3v) is 5.58. The van der Waals surface area contributed by atoms with E-state index in [-0.39, 0.29) is 24.0 Å². The Morgan fingerprint density at radius 2 is 2.03 bits per heavy atom. The van der Waals surface area contributed by atoms with Crippen LogP contribution in [0.15, 0.2) is 29.3 Å². The number of halogens is 1. The second-order valence-electron chi connectivity index (χ2n) is 7.54. The zero-order valence-corrected chi connectivity index (χ0v) is 21.3. The van der Waals surface area contributed by atoms with Gasteiger partial charge in [0.2, 0.25) is 0 Å². The number of aromatic nitrogens is 3. The third-order valence-electron chi connectivity index (χ3n) is 5.58. The minimum atomic E-state index is 0. The second-order valence-corrected chi connectivity index (χ2v) is 7.54. The van der Waals surface area contributed by atoms with Crippen LogP contribution in [0.25, 0.3) is 0 Å². The van der Waals surface area contributed by atoms with E-state index < -0.39 is 0 Å². The van der Waals surface area contributed by atoms with Crippen LogP contribution in [0.3, 0.4) is 0 Å². The molecule has 1 saturated heterocycles. The number of hydrogen-bond acceptors (Lipinski definition) is 5. The molecule has 172 valence electrons. The molecule has 1 N–H and O–H groups in total. The normalized spacial score (nSPS) is 16.3. The lowest BCUT2D eigenvalue weighted by molar-refractivity contribution is 0.145. The Bertz CT molecular complexity index is 824. The van der Waals surface area contributed by atoms with Crippen molar-refractivity contribution in [3.8, 4) is 5.75 Å². The van der Waals surface area contributed by atoms with Crippen molar-refractivity contribution < 1.29 is 9.47 Å². The molecule has 0 aliphatic carbocycles. The van der Waals surface area contributed by atoms with Crippen LogP contribution >= 0.6 is 24.0 Å². The fourth-order valence-electron chi connectivity index (χ4n) is 3.62. The standard InChI is InChI=1S/C22H34N6O2.HI/c1-5-30-14-6-12-23-22(24-15-21-26-25-17(2)27(21)3)28-13-11-19(16-28)18-7-9-20(29-4)10-8-18;/h7-10,19H,5-6,11-16H2,1-4H3,(H,23,24);1H. The molecule has 1 unspecified atom stereocenters. The van der Waals surface area contributed by atoms with Gasteiger partial charge in [0.1, 0.15) is 18.1 Å². The monoisotopic (exact) mass is 542 g/mol. The molecule has 0 amide bonds. The van der Waals surface area contributed by atoms with Crippen LogP contribution in [-0.4, -0.2) is 65.6 Å². The van der Waals surface area contributed by atoms with Crippen molar-refractivity contribution in [3.63, 3.8) is 0 Å². The molecule has 0 spiro atoms. The van der Waals surface area contributed by atoms with Gasteiger partial charge in [0.15, 0.2) is 11.8 Å². The number of nitrogens with zero attached hydrogens (tertiary/aromatic N) is 5. The highest BCUT2D eigenvalue weighted by Gasteiger charge is 2.26. The SMILES string of the molecule is CCOCCCNC(=NCc1nnc(C)n1C)N1CCC(c2ccc(OC)cc2)C1.I. The molecule has 0 bridgehead atoms. The summed E-state index contributed by atoms with van der Waals surface area (Å²) < 4.78 is 12.7. The predicted molar refractivity (Wildman–Crippen MR) is 133 cm³/mol. The van der Waals surface area contributed by atoms with Gasteiger partial charge in [0.05, 0.1) is 7.11 Å². The van der Waals surface area contributed by atoms with E-state index in [1.807, 2.05) is 37.6 Å². The molecule has 8 nitrogen and oxygen atoms in total. The fraction of sp³-hybridized carbons (Fsp3) is 0.591. The van der Waals surface area contributed by atoms with Crippen molar-refractivity contribution in [1.82, 2.24) is 25.0 Å². The van der Waals surface area contributed by atoms with Gasteiger partial charge in [-0.3, -0.25) is 0 Å². The number of methoxy groups -OCH3 is 1. The molecule has 1 atom stereocenters. The molecule has 0 saturated carbocycles. The summed E-state index contributed by atoms with van der Waals surface area (Å²) in [5.74, 6) is 4.08. The maximum absolute atomic E-state index is 5.46. The fourth-order valence-corrected chi connectivity index (χ4v) is 3.62. The third kappa shape index (κ3) is 7.06. The first-order valence-corrected chi connectivity index (χ1v) is 10.7. The first kappa shape index (κ1) is 25.4. The van der Waals surface area contributed by atoms with Crippen molar-refractivity contribution in [2.75, 3.05) is 40.0 Å². The number of rotatable bonds is 9. The molecule has 1 aliphatic rings. The number of ether oxygens (including phenoxy) is 2. The topological polar surface area (TPSA) is 76.8 Å². The van der Waals surface area contributed by atoms with Gasteiger partial charge in [-0.15, -0.1) is 34.2 Å². The van der Waals surface area contributed by atoms with Crippen LogP contribution < -0.4 is 10.1 Å². The van der Waals surface area contributed by atoms with E-state index in [0.717, 1.165) is 69.0 Å². The minimum absolute atomic E-state index is 0.